The van der Waals surface area contributed by atoms with Crippen LogP contribution in [0.15, 0.2) is 6.33 Å². The molecule has 1 aromatic rings. The summed E-state index contributed by atoms with van der Waals surface area (Å²) in [5, 5.41) is 3.22. The molecule has 100 valence electrons. The molecule has 0 unspecified atom stereocenters. The van der Waals surface area contributed by atoms with E-state index in [1.165, 1.54) is 25.7 Å². The molecule has 0 saturated carbocycles. The molecule has 5 heteroatoms. The van der Waals surface area contributed by atoms with Gasteiger partial charge in [-0.15, -0.1) is 0 Å². The minimum absolute atomic E-state index is 0.765. The van der Waals surface area contributed by atoms with Gasteiger partial charge >= 0.3 is 0 Å². The smallest absolute Gasteiger partial charge is 0.204 e. The Morgan fingerprint density at radius 3 is 2.56 bits per heavy atom. The van der Waals surface area contributed by atoms with Gasteiger partial charge in [0.05, 0.1) is 7.11 Å². The molecule has 1 N–H and O–H groups in total. The van der Waals surface area contributed by atoms with E-state index in [1.807, 2.05) is 6.92 Å². The van der Waals surface area contributed by atoms with E-state index in [4.69, 9.17) is 4.74 Å². The number of hydrogen-bond donors (Lipinski definition) is 1. The zero-order valence-corrected chi connectivity index (χ0v) is 11.3. The van der Waals surface area contributed by atoms with E-state index >= 15 is 0 Å². The van der Waals surface area contributed by atoms with Crippen molar-refractivity contribution >= 4 is 11.6 Å². The molecule has 1 fully saturated rings. The second-order valence-corrected chi connectivity index (χ2v) is 4.51. The molecule has 2 heterocycles. The van der Waals surface area contributed by atoms with E-state index < -0.39 is 0 Å². The van der Waals surface area contributed by atoms with Crippen LogP contribution in [0.1, 0.15) is 32.6 Å². The molecule has 18 heavy (non-hydrogen) atoms. The highest BCUT2D eigenvalue weighted by atomic mass is 16.5. The fourth-order valence-corrected chi connectivity index (χ4v) is 2.35. The largest absolute Gasteiger partial charge is 0.490 e. The molecular weight excluding hydrogens is 228 g/mol. The summed E-state index contributed by atoms with van der Waals surface area (Å²) in [6, 6.07) is 0. The summed E-state index contributed by atoms with van der Waals surface area (Å²) in [6.45, 7) is 4.98. The molecule has 0 bridgehead atoms. The minimum Gasteiger partial charge on any atom is -0.490 e. The molecule has 2 rings (SSSR count). The zero-order valence-electron chi connectivity index (χ0n) is 11.3. The van der Waals surface area contributed by atoms with Gasteiger partial charge in [0, 0.05) is 19.6 Å². The Balaban J connectivity index is 2.27. The van der Waals surface area contributed by atoms with Crippen molar-refractivity contribution in [1.29, 1.82) is 0 Å². The van der Waals surface area contributed by atoms with Gasteiger partial charge in [0.25, 0.3) is 0 Å². The lowest BCUT2D eigenvalue weighted by Gasteiger charge is -2.24. The first-order valence-corrected chi connectivity index (χ1v) is 6.74. The molecule has 5 nitrogen and oxygen atoms in total. The van der Waals surface area contributed by atoms with Gasteiger partial charge in [-0.1, -0.05) is 12.8 Å². The molecule has 1 saturated heterocycles. The summed E-state index contributed by atoms with van der Waals surface area (Å²) >= 11 is 0. The summed E-state index contributed by atoms with van der Waals surface area (Å²) in [4.78, 5) is 11.0. The number of rotatable bonds is 4. The van der Waals surface area contributed by atoms with Gasteiger partial charge in [0.1, 0.15) is 6.33 Å². The zero-order chi connectivity index (χ0) is 12.8. The van der Waals surface area contributed by atoms with Crippen molar-refractivity contribution in [3.8, 4) is 5.75 Å². The highest BCUT2D eigenvalue weighted by molar-refractivity contribution is 5.64. The second-order valence-electron chi connectivity index (χ2n) is 4.51. The highest BCUT2D eigenvalue weighted by Crippen LogP contribution is 2.32. The summed E-state index contributed by atoms with van der Waals surface area (Å²) < 4.78 is 5.49. The van der Waals surface area contributed by atoms with Gasteiger partial charge in [0.2, 0.25) is 5.75 Å². The van der Waals surface area contributed by atoms with Crippen molar-refractivity contribution in [2.75, 3.05) is 37.0 Å². The highest BCUT2D eigenvalue weighted by Gasteiger charge is 2.18. The standard InChI is InChI=1S/C13H22N4O/c1-3-14-12-11(18-2)13(16-10-15-12)17-8-6-4-5-7-9-17/h10H,3-9H2,1-2H3,(H,14,15,16). The Morgan fingerprint density at radius 2 is 1.94 bits per heavy atom. The summed E-state index contributed by atoms with van der Waals surface area (Å²) in [5.74, 6) is 2.47. The summed E-state index contributed by atoms with van der Waals surface area (Å²) in [7, 11) is 1.68. The molecule has 0 aromatic carbocycles. The van der Waals surface area contributed by atoms with Crippen LogP contribution in [-0.2, 0) is 0 Å². The maximum atomic E-state index is 5.49. The van der Waals surface area contributed by atoms with Crippen LogP contribution in [0.25, 0.3) is 0 Å². The van der Waals surface area contributed by atoms with Crippen molar-refractivity contribution in [3.05, 3.63) is 6.33 Å². The Hall–Kier alpha value is -1.52. The van der Waals surface area contributed by atoms with Crippen LogP contribution in [0, 0.1) is 0 Å². The van der Waals surface area contributed by atoms with Crippen LogP contribution in [0.4, 0.5) is 11.6 Å². The van der Waals surface area contributed by atoms with Gasteiger partial charge in [-0.3, -0.25) is 0 Å². The van der Waals surface area contributed by atoms with Crippen molar-refractivity contribution in [1.82, 2.24) is 9.97 Å². The van der Waals surface area contributed by atoms with Crippen molar-refractivity contribution in [3.63, 3.8) is 0 Å². The third kappa shape index (κ3) is 2.83. The number of nitrogens with zero attached hydrogens (tertiary/aromatic N) is 3. The third-order valence-electron chi connectivity index (χ3n) is 3.24. The summed E-state index contributed by atoms with van der Waals surface area (Å²) in [5.41, 5.74) is 0. The van der Waals surface area contributed by atoms with Crippen molar-refractivity contribution in [2.24, 2.45) is 0 Å². The first-order valence-electron chi connectivity index (χ1n) is 6.74. The van der Waals surface area contributed by atoms with Crippen LogP contribution < -0.4 is 15.0 Å². The van der Waals surface area contributed by atoms with E-state index in [0.717, 1.165) is 37.0 Å². The van der Waals surface area contributed by atoms with E-state index in [9.17, 15) is 0 Å². The monoisotopic (exact) mass is 250 g/mol. The van der Waals surface area contributed by atoms with Crippen molar-refractivity contribution in [2.45, 2.75) is 32.6 Å². The fraction of sp³-hybridized carbons (Fsp3) is 0.692. The van der Waals surface area contributed by atoms with Gasteiger partial charge < -0.3 is 15.0 Å². The van der Waals surface area contributed by atoms with Crippen LogP contribution in [0.5, 0.6) is 5.75 Å². The number of methoxy groups -OCH3 is 1. The normalized spacial score (nSPS) is 16.2. The lowest BCUT2D eigenvalue weighted by Crippen LogP contribution is -2.26. The lowest BCUT2D eigenvalue weighted by atomic mass is 10.2. The van der Waals surface area contributed by atoms with Crippen LogP contribution in [0.3, 0.4) is 0 Å². The Bertz CT molecular complexity index is 375. The van der Waals surface area contributed by atoms with Crippen molar-refractivity contribution < 1.29 is 4.74 Å². The van der Waals surface area contributed by atoms with E-state index in [2.05, 4.69) is 20.2 Å². The van der Waals surface area contributed by atoms with Crippen LogP contribution in [0.2, 0.25) is 0 Å². The molecule has 1 aliphatic rings. The Kier molecular flexibility index (Phi) is 4.61. The Morgan fingerprint density at radius 1 is 1.22 bits per heavy atom. The quantitative estimate of drug-likeness (QED) is 0.888. The van der Waals surface area contributed by atoms with E-state index in [1.54, 1.807) is 13.4 Å². The number of anilines is 2. The molecule has 1 aliphatic heterocycles. The third-order valence-corrected chi connectivity index (χ3v) is 3.24. The molecule has 0 spiro atoms. The van der Waals surface area contributed by atoms with Gasteiger partial charge in [-0.25, -0.2) is 9.97 Å². The fourth-order valence-electron chi connectivity index (χ4n) is 2.35. The Labute approximate surface area is 109 Å². The minimum atomic E-state index is 0.765. The molecule has 0 amide bonds. The van der Waals surface area contributed by atoms with Gasteiger partial charge in [0.15, 0.2) is 11.6 Å². The second kappa shape index (κ2) is 6.42. The maximum absolute atomic E-state index is 5.49. The molecule has 0 aliphatic carbocycles. The van der Waals surface area contributed by atoms with Crippen LogP contribution in [-0.4, -0.2) is 36.7 Å². The molecule has 0 atom stereocenters. The SMILES string of the molecule is CCNc1ncnc(N2CCCCCC2)c1OC. The number of hydrogen-bond acceptors (Lipinski definition) is 5. The average Bonchev–Trinajstić information content (AvgIpc) is 2.67. The maximum Gasteiger partial charge on any atom is 0.204 e. The van der Waals surface area contributed by atoms with Gasteiger partial charge in [-0.2, -0.15) is 0 Å². The topological polar surface area (TPSA) is 50.3 Å². The molecule has 0 radical (unpaired) electrons. The predicted octanol–water partition coefficient (Wildman–Crippen LogP) is 2.30. The number of ether oxygens (including phenoxy) is 1. The lowest BCUT2D eigenvalue weighted by molar-refractivity contribution is 0.412. The predicted molar refractivity (Wildman–Crippen MR) is 73.4 cm³/mol. The molecular formula is C13H22N4O. The first-order chi connectivity index (χ1) is 8.86. The average molecular weight is 250 g/mol. The number of nitrogens with one attached hydrogen (secondary N) is 1. The van der Waals surface area contributed by atoms with Gasteiger partial charge in [-0.05, 0) is 19.8 Å². The van der Waals surface area contributed by atoms with Crippen LogP contribution >= 0.6 is 0 Å². The number of aromatic nitrogens is 2. The van der Waals surface area contributed by atoms with E-state index in [-0.39, 0.29) is 0 Å². The summed E-state index contributed by atoms with van der Waals surface area (Å²) in [6.07, 6.45) is 6.68. The van der Waals surface area contributed by atoms with E-state index in [0.29, 0.717) is 0 Å². The first kappa shape index (κ1) is 12.9. The molecule has 1 aromatic heterocycles.